The molecular weight excluding hydrogens is 302 g/mol. The summed E-state index contributed by atoms with van der Waals surface area (Å²) in [5.74, 6) is 0.527. The van der Waals surface area contributed by atoms with E-state index in [1.807, 2.05) is 0 Å². The van der Waals surface area contributed by atoms with Crippen LogP contribution in [0.2, 0.25) is 0 Å². The van der Waals surface area contributed by atoms with Crippen LogP contribution in [0.4, 0.5) is 0 Å². The van der Waals surface area contributed by atoms with Crippen LogP contribution in [0.1, 0.15) is 56.3 Å². The van der Waals surface area contributed by atoms with Crippen molar-refractivity contribution >= 4 is 22.9 Å². The highest BCUT2D eigenvalue weighted by molar-refractivity contribution is 7.09. The number of thiazole rings is 1. The summed E-state index contributed by atoms with van der Waals surface area (Å²) in [4.78, 5) is 10.2. The lowest BCUT2D eigenvalue weighted by Gasteiger charge is -2.49. The van der Waals surface area contributed by atoms with Crippen molar-refractivity contribution in [1.82, 2.24) is 14.8 Å². The second-order valence-corrected chi connectivity index (χ2v) is 7.58. The number of piperidine rings is 1. The predicted molar refractivity (Wildman–Crippen MR) is 90.1 cm³/mol. The van der Waals surface area contributed by atoms with E-state index in [9.17, 15) is 0 Å². The monoisotopic (exact) mass is 327 g/mol. The quantitative estimate of drug-likeness (QED) is 0.782. The predicted octanol–water partition coefficient (Wildman–Crippen LogP) is 3.89. The average Bonchev–Trinajstić information content (AvgIpc) is 2.97. The molecule has 3 atom stereocenters. The molecule has 118 valence electrons. The van der Waals surface area contributed by atoms with Crippen LogP contribution in [-0.2, 0) is 5.88 Å². The van der Waals surface area contributed by atoms with Crippen molar-refractivity contribution in [2.24, 2.45) is 0 Å². The normalized spacial score (nSPS) is 29.3. The van der Waals surface area contributed by atoms with Crippen LogP contribution in [0.5, 0.6) is 0 Å². The van der Waals surface area contributed by atoms with Gasteiger partial charge in [0.25, 0.3) is 0 Å². The molecule has 0 spiro atoms. The van der Waals surface area contributed by atoms with Crippen molar-refractivity contribution in [3.8, 4) is 0 Å². The first kappa shape index (κ1) is 15.7. The fraction of sp³-hybridized carbons (Fsp3) is 0.812. The fourth-order valence-electron chi connectivity index (χ4n) is 3.90. The smallest absolute Gasteiger partial charge is 0.110 e. The molecule has 0 amide bonds. The molecule has 1 aromatic rings. The molecule has 21 heavy (non-hydrogen) atoms. The summed E-state index contributed by atoms with van der Waals surface area (Å²) in [6.07, 6.45) is 5.27. The van der Waals surface area contributed by atoms with E-state index in [0.29, 0.717) is 18.0 Å². The van der Waals surface area contributed by atoms with Gasteiger partial charge in [-0.05, 0) is 32.7 Å². The van der Waals surface area contributed by atoms with Crippen LogP contribution in [0, 0.1) is 0 Å². The maximum absolute atomic E-state index is 5.92. The average molecular weight is 328 g/mol. The first-order valence-corrected chi connectivity index (χ1v) is 9.64. The molecule has 2 saturated heterocycles. The van der Waals surface area contributed by atoms with Gasteiger partial charge >= 0.3 is 0 Å². The third-order valence-corrected chi connectivity index (χ3v) is 6.28. The van der Waals surface area contributed by atoms with Crippen molar-refractivity contribution in [3.05, 3.63) is 16.1 Å². The standard InChI is InChI=1S/C16H26ClN3S/c1-3-15(16-18-13(8-17)11-21-16)20-10-14-6-4-5-7-19(14)9-12(20)2/h11-12,14-15H,3-10H2,1-2H3. The molecule has 3 nitrogen and oxygen atoms in total. The van der Waals surface area contributed by atoms with Crippen molar-refractivity contribution in [3.63, 3.8) is 0 Å². The van der Waals surface area contributed by atoms with E-state index >= 15 is 0 Å². The summed E-state index contributed by atoms with van der Waals surface area (Å²) in [7, 11) is 0. The lowest BCUT2D eigenvalue weighted by Crippen LogP contribution is -2.59. The molecule has 0 aromatic carbocycles. The first-order valence-electron chi connectivity index (χ1n) is 8.23. The van der Waals surface area contributed by atoms with Gasteiger partial charge in [-0.1, -0.05) is 13.3 Å². The van der Waals surface area contributed by atoms with Crippen LogP contribution < -0.4 is 0 Å². The molecule has 0 radical (unpaired) electrons. The highest BCUT2D eigenvalue weighted by Gasteiger charge is 2.36. The molecule has 0 bridgehead atoms. The minimum absolute atomic E-state index is 0.464. The number of fused-ring (bicyclic) bond motifs is 1. The number of hydrogen-bond acceptors (Lipinski definition) is 4. The molecule has 3 rings (SSSR count). The third kappa shape index (κ3) is 3.29. The zero-order valence-corrected chi connectivity index (χ0v) is 14.7. The van der Waals surface area contributed by atoms with Crippen LogP contribution >= 0.6 is 22.9 Å². The van der Waals surface area contributed by atoms with Crippen molar-refractivity contribution in [2.45, 2.75) is 63.5 Å². The molecule has 5 heteroatoms. The van der Waals surface area contributed by atoms with Gasteiger partial charge in [-0.25, -0.2) is 4.98 Å². The Morgan fingerprint density at radius 2 is 2.29 bits per heavy atom. The Balaban J connectivity index is 1.76. The highest BCUT2D eigenvalue weighted by Crippen LogP contribution is 2.34. The minimum atomic E-state index is 0.464. The lowest BCUT2D eigenvalue weighted by atomic mass is 9.95. The van der Waals surface area contributed by atoms with Gasteiger partial charge in [0.2, 0.25) is 0 Å². The van der Waals surface area contributed by atoms with Gasteiger partial charge in [0.05, 0.1) is 17.6 Å². The molecule has 2 aliphatic rings. The fourth-order valence-corrected chi connectivity index (χ4v) is 5.15. The van der Waals surface area contributed by atoms with Crippen LogP contribution in [0.15, 0.2) is 5.38 Å². The number of rotatable bonds is 4. The number of nitrogens with zero attached hydrogens (tertiary/aromatic N) is 3. The van der Waals surface area contributed by atoms with Crippen molar-refractivity contribution < 1.29 is 0 Å². The maximum atomic E-state index is 5.92. The minimum Gasteiger partial charge on any atom is -0.298 e. The Bertz CT molecular complexity index is 464. The number of piperazine rings is 1. The van der Waals surface area contributed by atoms with E-state index in [0.717, 1.165) is 18.2 Å². The number of halogens is 1. The molecule has 1 aromatic heterocycles. The van der Waals surface area contributed by atoms with Gasteiger partial charge in [0.1, 0.15) is 5.01 Å². The molecule has 3 heterocycles. The molecule has 2 aliphatic heterocycles. The summed E-state index contributed by atoms with van der Waals surface area (Å²) in [5, 5.41) is 3.37. The summed E-state index contributed by atoms with van der Waals surface area (Å²) in [6, 6.07) is 1.84. The van der Waals surface area contributed by atoms with E-state index in [4.69, 9.17) is 16.6 Å². The summed E-state index contributed by atoms with van der Waals surface area (Å²) < 4.78 is 0. The van der Waals surface area contributed by atoms with E-state index in [2.05, 4.69) is 29.0 Å². The Kier molecular flexibility index (Phi) is 5.20. The second kappa shape index (κ2) is 6.95. The number of alkyl halides is 1. The first-order chi connectivity index (χ1) is 10.2. The summed E-state index contributed by atoms with van der Waals surface area (Å²) in [5.41, 5.74) is 1.03. The molecule has 0 saturated carbocycles. The lowest BCUT2D eigenvalue weighted by molar-refractivity contribution is -0.00952. The SMILES string of the molecule is CCC(c1nc(CCl)cs1)N1CC2CCCCN2CC1C. The van der Waals surface area contributed by atoms with Gasteiger partial charge in [-0.3, -0.25) is 9.80 Å². The molecule has 0 aliphatic carbocycles. The van der Waals surface area contributed by atoms with E-state index in [1.54, 1.807) is 11.3 Å². The van der Waals surface area contributed by atoms with E-state index in [1.165, 1.54) is 43.9 Å². The summed E-state index contributed by atoms with van der Waals surface area (Å²) >= 11 is 7.70. The number of hydrogen-bond donors (Lipinski definition) is 0. The van der Waals surface area contributed by atoms with Crippen molar-refractivity contribution in [1.29, 1.82) is 0 Å². The Labute approximate surface area is 137 Å². The summed E-state index contributed by atoms with van der Waals surface area (Å²) in [6.45, 7) is 8.38. The van der Waals surface area contributed by atoms with Crippen LogP contribution in [0.25, 0.3) is 0 Å². The zero-order valence-electron chi connectivity index (χ0n) is 13.1. The third-order valence-electron chi connectivity index (χ3n) is 5.01. The van der Waals surface area contributed by atoms with Gasteiger partial charge in [0, 0.05) is 30.6 Å². The second-order valence-electron chi connectivity index (χ2n) is 6.43. The molecule has 3 unspecified atom stereocenters. The molecule has 2 fully saturated rings. The van der Waals surface area contributed by atoms with E-state index < -0.39 is 0 Å². The molecule has 0 N–H and O–H groups in total. The van der Waals surface area contributed by atoms with E-state index in [-0.39, 0.29) is 0 Å². The van der Waals surface area contributed by atoms with Gasteiger partial charge in [-0.15, -0.1) is 22.9 Å². The van der Waals surface area contributed by atoms with Crippen molar-refractivity contribution in [2.75, 3.05) is 19.6 Å². The molecular formula is C16H26ClN3S. The largest absolute Gasteiger partial charge is 0.298 e. The van der Waals surface area contributed by atoms with Gasteiger partial charge in [-0.2, -0.15) is 0 Å². The number of aromatic nitrogens is 1. The Hall–Kier alpha value is -0.160. The van der Waals surface area contributed by atoms with Gasteiger partial charge in [0.15, 0.2) is 0 Å². The van der Waals surface area contributed by atoms with Gasteiger partial charge < -0.3 is 0 Å². The van der Waals surface area contributed by atoms with Crippen LogP contribution in [0.3, 0.4) is 0 Å². The topological polar surface area (TPSA) is 19.4 Å². The Morgan fingerprint density at radius 1 is 1.43 bits per heavy atom. The maximum Gasteiger partial charge on any atom is 0.110 e. The van der Waals surface area contributed by atoms with Crippen LogP contribution in [-0.4, -0.2) is 46.5 Å². The zero-order chi connectivity index (χ0) is 14.8. The Morgan fingerprint density at radius 3 is 3.00 bits per heavy atom. The highest BCUT2D eigenvalue weighted by atomic mass is 35.5.